The van der Waals surface area contributed by atoms with Gasteiger partial charge >= 0.3 is 5.97 Å². The smallest absolute Gasteiger partial charge is 0.344 e. The minimum absolute atomic E-state index is 0.114. The first kappa shape index (κ1) is 20.5. The first-order valence-electron chi connectivity index (χ1n) is 8.36. The van der Waals surface area contributed by atoms with Crippen molar-refractivity contribution in [3.05, 3.63) is 46.8 Å². The number of carbonyl (C=O) groups is 2. The normalized spacial score (nSPS) is 14.4. The molecular weight excluding hydrogens is 360 g/mol. The van der Waals surface area contributed by atoms with E-state index in [4.69, 9.17) is 26.4 Å². The molecule has 0 spiro atoms. The second-order valence-electron chi connectivity index (χ2n) is 6.16. The molecule has 1 aliphatic rings. The highest BCUT2D eigenvalue weighted by Gasteiger charge is 2.25. The summed E-state index contributed by atoms with van der Waals surface area (Å²) in [6.45, 7) is 0.239. The molecule has 7 nitrogen and oxygen atoms in total. The number of hydrogen-bond acceptors (Lipinski definition) is 7. The van der Waals surface area contributed by atoms with Crippen LogP contribution < -0.4 is 11.5 Å². The van der Waals surface area contributed by atoms with E-state index in [1.807, 2.05) is 0 Å². The fraction of sp³-hybridized carbons (Fsp3) is 0.389. The van der Waals surface area contributed by atoms with Crippen LogP contribution in [0.25, 0.3) is 0 Å². The summed E-state index contributed by atoms with van der Waals surface area (Å²) in [6.07, 6.45) is 1.72. The first-order chi connectivity index (χ1) is 12.8. The van der Waals surface area contributed by atoms with E-state index in [0.29, 0.717) is 13.2 Å². The number of ketones is 1. The molecule has 1 heterocycles. The molecule has 0 unspecified atom stereocenters. The Bertz CT molecular complexity index is 750. The quantitative estimate of drug-likeness (QED) is 0.285. The van der Waals surface area contributed by atoms with E-state index >= 15 is 0 Å². The van der Waals surface area contributed by atoms with E-state index in [9.17, 15) is 18.4 Å². The van der Waals surface area contributed by atoms with E-state index in [0.717, 1.165) is 31.0 Å². The highest BCUT2D eigenvalue weighted by atomic mass is 19.1. The second kappa shape index (κ2) is 9.22. The number of ether oxygens (including phenoxy) is 2. The summed E-state index contributed by atoms with van der Waals surface area (Å²) in [5, 5.41) is 8.10. The number of nitrogens with one attached hydrogen (secondary N) is 1. The van der Waals surface area contributed by atoms with Gasteiger partial charge in [-0.25, -0.2) is 13.6 Å². The van der Waals surface area contributed by atoms with Crippen molar-refractivity contribution in [1.82, 2.24) is 0 Å². The van der Waals surface area contributed by atoms with Crippen molar-refractivity contribution in [1.29, 1.82) is 5.41 Å². The number of Topliss-reactive ketones (excluding diaryl/α,β-unsaturated/α-hetero) is 1. The van der Waals surface area contributed by atoms with Gasteiger partial charge in [0.1, 0.15) is 23.0 Å². The van der Waals surface area contributed by atoms with E-state index in [1.165, 1.54) is 0 Å². The molecule has 0 amide bonds. The van der Waals surface area contributed by atoms with Gasteiger partial charge in [-0.2, -0.15) is 0 Å². The summed E-state index contributed by atoms with van der Waals surface area (Å²) < 4.78 is 37.2. The van der Waals surface area contributed by atoms with E-state index in [2.05, 4.69) is 0 Å². The molecule has 0 radical (unpaired) electrons. The van der Waals surface area contributed by atoms with Gasteiger partial charge in [0.05, 0.1) is 5.56 Å². The zero-order chi connectivity index (χ0) is 20.0. The van der Waals surface area contributed by atoms with E-state index in [-0.39, 0.29) is 23.6 Å². The molecule has 2 rings (SSSR count). The maximum Gasteiger partial charge on any atom is 0.344 e. The van der Waals surface area contributed by atoms with Crippen LogP contribution in [0.1, 0.15) is 29.6 Å². The van der Waals surface area contributed by atoms with Gasteiger partial charge in [-0.3, -0.25) is 4.79 Å². The van der Waals surface area contributed by atoms with Gasteiger partial charge in [0.25, 0.3) is 0 Å². The number of carbonyl (C=O) groups excluding carboxylic acids is 2. The van der Waals surface area contributed by atoms with Crippen LogP contribution in [0.3, 0.4) is 0 Å². The van der Waals surface area contributed by atoms with E-state index in [1.54, 1.807) is 0 Å². The van der Waals surface area contributed by atoms with E-state index < -0.39 is 41.4 Å². The lowest BCUT2D eigenvalue weighted by Crippen LogP contribution is -2.28. The molecule has 1 saturated heterocycles. The largest absolute Gasteiger partial charge is 0.454 e. The lowest BCUT2D eigenvalue weighted by molar-refractivity contribution is -0.137. The molecule has 5 N–H and O–H groups in total. The summed E-state index contributed by atoms with van der Waals surface area (Å²) >= 11 is 0. The van der Waals surface area contributed by atoms with Crippen LogP contribution in [0, 0.1) is 23.0 Å². The Kier molecular flexibility index (Phi) is 7.00. The van der Waals surface area contributed by atoms with Crippen molar-refractivity contribution in [3.8, 4) is 0 Å². The number of rotatable bonds is 7. The predicted molar refractivity (Wildman–Crippen MR) is 92.9 cm³/mol. The van der Waals surface area contributed by atoms with Gasteiger partial charge in [0.15, 0.2) is 6.61 Å². The molecule has 1 aromatic carbocycles. The van der Waals surface area contributed by atoms with Gasteiger partial charge in [-0.05, 0) is 37.3 Å². The van der Waals surface area contributed by atoms with Crippen LogP contribution in [-0.4, -0.2) is 37.3 Å². The summed E-state index contributed by atoms with van der Waals surface area (Å²) in [6, 6.07) is 2.96. The maximum atomic E-state index is 13.6. The maximum absolute atomic E-state index is 13.6. The average Bonchev–Trinajstić information content (AvgIpc) is 2.60. The molecule has 0 saturated carbocycles. The molecule has 0 aromatic heterocycles. The number of halogens is 2. The summed E-state index contributed by atoms with van der Waals surface area (Å²) in [5.41, 5.74) is 9.73. The Morgan fingerprint density at radius 2 is 1.78 bits per heavy atom. The van der Waals surface area contributed by atoms with Gasteiger partial charge in [0.2, 0.25) is 5.78 Å². The predicted octanol–water partition coefficient (Wildman–Crippen LogP) is 1.66. The van der Waals surface area contributed by atoms with Crippen LogP contribution in [0.4, 0.5) is 8.78 Å². The number of benzene rings is 1. The van der Waals surface area contributed by atoms with Crippen LogP contribution in [-0.2, 0) is 14.3 Å². The van der Waals surface area contributed by atoms with Gasteiger partial charge in [-0.1, -0.05) is 6.07 Å². The Labute approximate surface area is 154 Å². The second-order valence-corrected chi connectivity index (χ2v) is 6.16. The molecular formula is C18H21F2N3O4. The highest BCUT2D eigenvalue weighted by Crippen LogP contribution is 2.21. The molecule has 27 heavy (non-hydrogen) atoms. The van der Waals surface area contributed by atoms with Crippen molar-refractivity contribution in [2.24, 2.45) is 17.4 Å². The minimum atomic E-state index is -1.09. The molecule has 1 aromatic rings. The zero-order valence-corrected chi connectivity index (χ0v) is 14.6. The standard InChI is InChI=1S/C18H21F2N3O4/c19-11-2-1-3-12(20)15(11)14(24)9-27-18(25)16(17(22)23)13(21)8-10-4-6-26-7-5-10/h1-3,10,21H,4-9,22-23H2. The number of esters is 1. The molecule has 0 bridgehead atoms. The third-order valence-electron chi connectivity index (χ3n) is 4.20. The van der Waals surface area contributed by atoms with Crippen molar-refractivity contribution in [2.45, 2.75) is 19.3 Å². The van der Waals surface area contributed by atoms with Crippen LogP contribution in [0.5, 0.6) is 0 Å². The topological polar surface area (TPSA) is 128 Å². The molecule has 0 atom stereocenters. The summed E-state index contributed by atoms with van der Waals surface area (Å²) in [4.78, 5) is 24.2. The van der Waals surface area contributed by atoms with Gasteiger partial charge in [0, 0.05) is 18.9 Å². The lowest BCUT2D eigenvalue weighted by atomic mass is 9.91. The Morgan fingerprint density at radius 1 is 1.19 bits per heavy atom. The van der Waals surface area contributed by atoms with Crippen molar-refractivity contribution in [3.63, 3.8) is 0 Å². The Morgan fingerprint density at radius 3 is 2.33 bits per heavy atom. The number of hydrogen-bond donors (Lipinski definition) is 3. The van der Waals surface area contributed by atoms with Crippen LogP contribution in [0.15, 0.2) is 29.6 Å². The fourth-order valence-corrected chi connectivity index (χ4v) is 2.80. The molecule has 9 heteroatoms. The van der Waals surface area contributed by atoms with Gasteiger partial charge < -0.3 is 26.4 Å². The van der Waals surface area contributed by atoms with Crippen molar-refractivity contribution in [2.75, 3.05) is 19.8 Å². The molecule has 146 valence electrons. The average molecular weight is 381 g/mol. The number of nitrogens with two attached hydrogens (primary N) is 2. The Balaban J connectivity index is 2.02. The van der Waals surface area contributed by atoms with Crippen molar-refractivity contribution >= 4 is 17.5 Å². The monoisotopic (exact) mass is 381 g/mol. The third-order valence-corrected chi connectivity index (χ3v) is 4.20. The highest BCUT2D eigenvalue weighted by molar-refractivity contribution is 6.19. The molecule has 0 aliphatic carbocycles. The SMILES string of the molecule is N=C(CC1CCOCC1)C(C(=O)OCC(=O)c1c(F)cccc1F)=C(N)N. The van der Waals surface area contributed by atoms with Crippen LogP contribution >= 0.6 is 0 Å². The summed E-state index contributed by atoms with van der Waals surface area (Å²) in [5.74, 6) is -4.53. The Hall–Kier alpha value is -2.81. The fourth-order valence-electron chi connectivity index (χ4n) is 2.80. The zero-order valence-electron chi connectivity index (χ0n) is 14.6. The third kappa shape index (κ3) is 5.33. The molecule has 1 fully saturated rings. The van der Waals surface area contributed by atoms with Crippen LogP contribution in [0.2, 0.25) is 0 Å². The molecule has 1 aliphatic heterocycles. The van der Waals surface area contributed by atoms with Gasteiger partial charge in [-0.15, -0.1) is 0 Å². The lowest BCUT2D eigenvalue weighted by Gasteiger charge is -2.22. The minimum Gasteiger partial charge on any atom is -0.454 e. The summed E-state index contributed by atoms with van der Waals surface area (Å²) in [7, 11) is 0. The first-order valence-corrected chi connectivity index (χ1v) is 8.36. The van der Waals surface area contributed by atoms with Crippen molar-refractivity contribution < 1.29 is 27.8 Å².